The molecule has 3 atom stereocenters. The predicted molar refractivity (Wildman–Crippen MR) is 80.5 cm³/mol. The summed E-state index contributed by atoms with van der Waals surface area (Å²) in [5.74, 6) is 0.280. The van der Waals surface area contributed by atoms with Crippen molar-refractivity contribution < 1.29 is 14.9 Å². The van der Waals surface area contributed by atoms with E-state index in [1.54, 1.807) is 0 Å². The smallest absolute Gasteiger partial charge is 0.0927 e. The Morgan fingerprint density at radius 2 is 1.80 bits per heavy atom. The number of aliphatic hydroxyl groups excluding tert-OH is 2. The molecule has 1 aromatic carbocycles. The maximum atomic E-state index is 9.71. The van der Waals surface area contributed by atoms with Crippen LogP contribution in [-0.2, 0) is 4.74 Å². The Bertz CT molecular complexity index is 504. The molecular formula is C15H20BrNO3. The van der Waals surface area contributed by atoms with E-state index in [0.717, 1.165) is 35.8 Å². The highest BCUT2D eigenvalue weighted by Crippen LogP contribution is 2.53. The number of aliphatic hydroxyl groups is 2. The summed E-state index contributed by atoms with van der Waals surface area (Å²) in [5, 5.41) is 19.4. The molecule has 0 amide bonds. The molecule has 2 aliphatic rings. The molecule has 2 saturated heterocycles. The van der Waals surface area contributed by atoms with Crippen LogP contribution in [0.25, 0.3) is 0 Å². The molecule has 2 aliphatic heterocycles. The molecule has 2 heterocycles. The number of nitrogen functional groups attached to an aromatic ring is 1. The monoisotopic (exact) mass is 341 g/mol. The van der Waals surface area contributed by atoms with Gasteiger partial charge in [0.15, 0.2) is 0 Å². The van der Waals surface area contributed by atoms with E-state index in [4.69, 9.17) is 10.5 Å². The summed E-state index contributed by atoms with van der Waals surface area (Å²) in [7, 11) is 0. The summed E-state index contributed by atoms with van der Waals surface area (Å²) < 4.78 is 6.93. The van der Waals surface area contributed by atoms with Crippen molar-refractivity contribution in [3.8, 4) is 0 Å². The van der Waals surface area contributed by atoms with E-state index in [0.29, 0.717) is 0 Å². The van der Waals surface area contributed by atoms with Gasteiger partial charge in [0.05, 0.1) is 24.4 Å². The Hall–Kier alpha value is -0.620. The number of rotatable bonds is 3. The lowest BCUT2D eigenvalue weighted by Crippen LogP contribution is -2.47. The zero-order valence-corrected chi connectivity index (χ0v) is 12.9. The van der Waals surface area contributed by atoms with Gasteiger partial charge in [-0.2, -0.15) is 0 Å². The first-order chi connectivity index (χ1) is 9.51. The van der Waals surface area contributed by atoms with E-state index in [1.165, 1.54) is 5.56 Å². The Morgan fingerprint density at radius 1 is 1.20 bits per heavy atom. The van der Waals surface area contributed by atoms with Crippen LogP contribution in [0.3, 0.4) is 0 Å². The molecular weight excluding hydrogens is 322 g/mol. The fourth-order valence-electron chi connectivity index (χ4n) is 3.66. The van der Waals surface area contributed by atoms with Crippen molar-refractivity contribution >= 4 is 21.6 Å². The average molecular weight is 342 g/mol. The highest BCUT2D eigenvalue weighted by Gasteiger charge is 2.54. The van der Waals surface area contributed by atoms with E-state index in [-0.39, 0.29) is 19.1 Å². The predicted octanol–water partition coefficient (Wildman–Crippen LogP) is 2.18. The molecule has 0 spiro atoms. The van der Waals surface area contributed by atoms with Crippen molar-refractivity contribution in [1.29, 1.82) is 0 Å². The maximum absolute atomic E-state index is 9.71. The van der Waals surface area contributed by atoms with Crippen molar-refractivity contribution in [2.24, 2.45) is 0 Å². The summed E-state index contributed by atoms with van der Waals surface area (Å²) >= 11 is 3.46. The lowest BCUT2D eigenvalue weighted by Gasteiger charge is -2.43. The maximum Gasteiger partial charge on any atom is 0.0927 e. The van der Waals surface area contributed by atoms with Crippen LogP contribution >= 0.6 is 15.9 Å². The molecule has 110 valence electrons. The second-order valence-corrected chi connectivity index (χ2v) is 7.02. The van der Waals surface area contributed by atoms with Crippen molar-refractivity contribution in [2.75, 3.05) is 18.9 Å². The number of ether oxygens (including phenoxy) is 1. The SMILES string of the molecule is Nc1ccc(C2C[C@]3(CO)CC[C@](CO)(C2)O3)cc1Br. The van der Waals surface area contributed by atoms with Gasteiger partial charge in [0.2, 0.25) is 0 Å². The highest BCUT2D eigenvalue weighted by molar-refractivity contribution is 9.10. The summed E-state index contributed by atoms with van der Waals surface area (Å²) in [4.78, 5) is 0. The molecule has 2 fully saturated rings. The number of hydrogen-bond donors (Lipinski definition) is 3. The molecule has 20 heavy (non-hydrogen) atoms. The van der Waals surface area contributed by atoms with Crippen LogP contribution in [0.15, 0.2) is 22.7 Å². The molecule has 2 bridgehead atoms. The molecule has 3 rings (SSSR count). The quantitative estimate of drug-likeness (QED) is 0.736. The van der Waals surface area contributed by atoms with E-state index >= 15 is 0 Å². The van der Waals surface area contributed by atoms with Gasteiger partial charge in [0.1, 0.15) is 0 Å². The number of halogens is 1. The fourth-order valence-corrected chi connectivity index (χ4v) is 4.06. The molecule has 0 aromatic heterocycles. The summed E-state index contributed by atoms with van der Waals surface area (Å²) in [5.41, 5.74) is 6.77. The zero-order chi connectivity index (χ0) is 14.4. The third kappa shape index (κ3) is 2.26. The van der Waals surface area contributed by atoms with Gasteiger partial charge in [-0.05, 0) is 65.2 Å². The molecule has 0 radical (unpaired) electrons. The van der Waals surface area contributed by atoms with Gasteiger partial charge in [0.25, 0.3) is 0 Å². The van der Waals surface area contributed by atoms with Gasteiger partial charge in [-0.1, -0.05) is 6.07 Å². The van der Waals surface area contributed by atoms with Gasteiger partial charge < -0.3 is 20.7 Å². The van der Waals surface area contributed by atoms with Gasteiger partial charge in [-0.3, -0.25) is 0 Å². The first-order valence-corrected chi connectivity index (χ1v) is 7.78. The Morgan fingerprint density at radius 3 is 2.30 bits per heavy atom. The minimum absolute atomic E-state index is 0.0153. The van der Waals surface area contributed by atoms with Gasteiger partial charge >= 0.3 is 0 Å². The third-order valence-electron chi connectivity index (χ3n) is 4.78. The standard InChI is InChI=1S/C15H20BrNO3/c16-12-5-10(1-2-13(12)17)11-6-14(8-18)3-4-15(7-11,9-19)20-14/h1-2,5,11,18-19H,3-4,6-9,17H2/t11?,14-,15+. The molecule has 1 aromatic rings. The summed E-state index contributed by atoms with van der Waals surface area (Å²) in [6, 6.07) is 5.97. The van der Waals surface area contributed by atoms with Crippen molar-refractivity contribution in [1.82, 2.24) is 0 Å². The minimum Gasteiger partial charge on any atom is -0.398 e. The number of fused-ring (bicyclic) bond motifs is 2. The first-order valence-electron chi connectivity index (χ1n) is 6.98. The second-order valence-electron chi connectivity index (χ2n) is 6.17. The molecule has 0 saturated carbocycles. The minimum atomic E-state index is -0.487. The van der Waals surface area contributed by atoms with Crippen LogP contribution in [-0.4, -0.2) is 34.6 Å². The van der Waals surface area contributed by atoms with Crippen LogP contribution in [0, 0.1) is 0 Å². The molecule has 1 unspecified atom stereocenters. The largest absolute Gasteiger partial charge is 0.398 e. The van der Waals surface area contributed by atoms with Crippen LogP contribution in [0.2, 0.25) is 0 Å². The van der Waals surface area contributed by atoms with Crippen LogP contribution in [0.4, 0.5) is 5.69 Å². The van der Waals surface area contributed by atoms with Gasteiger partial charge in [-0.15, -0.1) is 0 Å². The van der Waals surface area contributed by atoms with Gasteiger partial charge in [0, 0.05) is 10.2 Å². The zero-order valence-electron chi connectivity index (χ0n) is 11.3. The number of benzene rings is 1. The van der Waals surface area contributed by atoms with E-state index in [1.807, 2.05) is 18.2 Å². The first kappa shape index (κ1) is 14.3. The van der Waals surface area contributed by atoms with E-state index < -0.39 is 11.2 Å². The Labute approximate surface area is 127 Å². The van der Waals surface area contributed by atoms with Crippen LogP contribution < -0.4 is 5.73 Å². The average Bonchev–Trinajstić information content (AvgIpc) is 2.74. The van der Waals surface area contributed by atoms with Crippen LogP contribution in [0.5, 0.6) is 0 Å². The molecule has 4 N–H and O–H groups in total. The lowest BCUT2D eigenvalue weighted by atomic mass is 9.80. The normalized spacial score (nSPS) is 36.2. The number of anilines is 1. The van der Waals surface area contributed by atoms with E-state index in [9.17, 15) is 10.2 Å². The second kappa shape index (κ2) is 4.98. The fraction of sp³-hybridized carbons (Fsp3) is 0.600. The Balaban J connectivity index is 1.92. The number of hydrogen-bond acceptors (Lipinski definition) is 4. The van der Waals surface area contributed by atoms with Crippen molar-refractivity contribution in [3.05, 3.63) is 28.2 Å². The molecule has 0 aliphatic carbocycles. The molecule has 5 heteroatoms. The Kier molecular flexibility index (Phi) is 3.57. The summed E-state index contributed by atoms with van der Waals surface area (Å²) in [6.45, 7) is 0.0305. The summed E-state index contributed by atoms with van der Waals surface area (Å²) in [6.07, 6.45) is 3.22. The van der Waals surface area contributed by atoms with Crippen LogP contribution in [0.1, 0.15) is 37.2 Å². The topological polar surface area (TPSA) is 75.7 Å². The third-order valence-corrected chi connectivity index (χ3v) is 5.47. The van der Waals surface area contributed by atoms with Gasteiger partial charge in [-0.25, -0.2) is 0 Å². The van der Waals surface area contributed by atoms with E-state index in [2.05, 4.69) is 15.9 Å². The van der Waals surface area contributed by atoms with Crippen molar-refractivity contribution in [3.63, 3.8) is 0 Å². The van der Waals surface area contributed by atoms with Crippen molar-refractivity contribution in [2.45, 2.75) is 42.8 Å². The molecule has 4 nitrogen and oxygen atoms in total. The lowest BCUT2D eigenvalue weighted by molar-refractivity contribution is -0.177. The number of nitrogens with two attached hydrogens (primary N) is 1. The highest BCUT2D eigenvalue weighted by atomic mass is 79.9.